The summed E-state index contributed by atoms with van der Waals surface area (Å²) in [5.41, 5.74) is 1.08. The second-order valence-electron chi connectivity index (χ2n) is 7.51. The summed E-state index contributed by atoms with van der Waals surface area (Å²) in [4.78, 5) is 36.2. The van der Waals surface area contributed by atoms with Crippen molar-refractivity contribution in [3.8, 4) is 0 Å². The second-order valence-corrected chi connectivity index (χ2v) is 7.51. The molecule has 0 heterocycles. The zero-order valence-electron chi connectivity index (χ0n) is 14.9. The summed E-state index contributed by atoms with van der Waals surface area (Å²) < 4.78 is 0. The van der Waals surface area contributed by atoms with Gasteiger partial charge in [-0.2, -0.15) is 0 Å². The number of aliphatic carboxylic acids is 1. The third-order valence-corrected chi connectivity index (χ3v) is 5.13. The highest BCUT2D eigenvalue weighted by Crippen LogP contribution is 2.48. The highest BCUT2D eigenvalue weighted by Gasteiger charge is 2.51. The Balaban J connectivity index is 1.64. The number of amides is 2. The number of nitrogens with one attached hydrogen (secondary N) is 2. The van der Waals surface area contributed by atoms with Crippen molar-refractivity contribution < 1.29 is 19.5 Å². The van der Waals surface area contributed by atoms with Gasteiger partial charge in [-0.3, -0.25) is 14.4 Å². The van der Waals surface area contributed by atoms with Crippen LogP contribution in [0.5, 0.6) is 0 Å². The van der Waals surface area contributed by atoms with Gasteiger partial charge in [0.1, 0.15) is 0 Å². The summed E-state index contributed by atoms with van der Waals surface area (Å²) in [6, 6.07) is 6.64. The lowest BCUT2D eigenvalue weighted by Crippen LogP contribution is -2.36. The molecule has 1 aromatic rings. The van der Waals surface area contributed by atoms with Crippen molar-refractivity contribution >= 4 is 23.5 Å². The smallest absolute Gasteiger partial charge is 0.307 e. The van der Waals surface area contributed by atoms with Crippen LogP contribution in [0.15, 0.2) is 36.4 Å². The number of anilines is 1. The van der Waals surface area contributed by atoms with Gasteiger partial charge in [0.05, 0.1) is 11.8 Å². The van der Waals surface area contributed by atoms with Crippen LogP contribution in [0.3, 0.4) is 0 Å². The summed E-state index contributed by atoms with van der Waals surface area (Å²) in [5, 5.41) is 15.1. The molecule has 6 nitrogen and oxygen atoms in total. The minimum Gasteiger partial charge on any atom is -0.481 e. The van der Waals surface area contributed by atoms with E-state index in [1.54, 1.807) is 24.3 Å². The van der Waals surface area contributed by atoms with Crippen molar-refractivity contribution in [1.29, 1.82) is 0 Å². The lowest BCUT2D eigenvalue weighted by molar-refractivity contribution is -0.146. The van der Waals surface area contributed by atoms with Gasteiger partial charge in [-0.1, -0.05) is 26.0 Å². The number of hydrogen-bond donors (Lipinski definition) is 3. The van der Waals surface area contributed by atoms with E-state index in [4.69, 9.17) is 0 Å². The topological polar surface area (TPSA) is 95.5 Å². The molecule has 1 aromatic carbocycles. The first kappa shape index (κ1) is 18.2. The van der Waals surface area contributed by atoms with Crippen LogP contribution in [-0.2, 0) is 9.59 Å². The number of rotatable bonds is 6. The SMILES string of the molecule is CC(C)CNC(=O)c1ccc(NC(=O)[C@H]2[C@@H](C(=O)O)[C@H]3C=C[C@H]2C3)cc1. The molecule has 2 aliphatic rings. The van der Waals surface area contributed by atoms with Gasteiger partial charge in [-0.15, -0.1) is 0 Å². The van der Waals surface area contributed by atoms with Crippen LogP contribution in [0.25, 0.3) is 0 Å². The molecule has 1 fully saturated rings. The second kappa shape index (κ2) is 7.32. The van der Waals surface area contributed by atoms with Gasteiger partial charge in [-0.25, -0.2) is 0 Å². The maximum absolute atomic E-state index is 12.6. The Morgan fingerprint density at radius 1 is 1.08 bits per heavy atom. The fraction of sp³-hybridized carbons (Fsp3) is 0.450. The first-order chi connectivity index (χ1) is 12.4. The van der Waals surface area contributed by atoms with E-state index < -0.39 is 17.8 Å². The molecule has 2 amide bonds. The van der Waals surface area contributed by atoms with Crippen LogP contribution >= 0.6 is 0 Å². The van der Waals surface area contributed by atoms with E-state index in [-0.39, 0.29) is 23.7 Å². The molecule has 0 saturated heterocycles. The van der Waals surface area contributed by atoms with Crippen molar-refractivity contribution in [1.82, 2.24) is 5.32 Å². The fourth-order valence-electron chi connectivity index (χ4n) is 3.85. The predicted molar refractivity (Wildman–Crippen MR) is 97.6 cm³/mol. The molecule has 6 heteroatoms. The molecule has 1 saturated carbocycles. The predicted octanol–water partition coefficient (Wildman–Crippen LogP) is 2.53. The van der Waals surface area contributed by atoms with Crippen molar-refractivity contribution in [3.63, 3.8) is 0 Å². The average Bonchev–Trinajstić information content (AvgIpc) is 3.21. The number of carbonyl (C=O) groups is 3. The quantitative estimate of drug-likeness (QED) is 0.683. The molecule has 0 unspecified atom stereocenters. The molecule has 0 aliphatic heterocycles. The fourth-order valence-corrected chi connectivity index (χ4v) is 3.85. The molecule has 2 bridgehead atoms. The number of carbonyl (C=O) groups excluding carboxylic acids is 2. The van der Waals surface area contributed by atoms with Gasteiger partial charge in [0.25, 0.3) is 5.91 Å². The Hall–Kier alpha value is -2.63. The summed E-state index contributed by atoms with van der Waals surface area (Å²) in [6.07, 6.45) is 4.60. The van der Waals surface area contributed by atoms with E-state index in [1.165, 1.54) is 0 Å². The third kappa shape index (κ3) is 3.64. The molecule has 2 aliphatic carbocycles. The molecule has 0 radical (unpaired) electrons. The van der Waals surface area contributed by atoms with Gasteiger partial charge in [0.2, 0.25) is 5.91 Å². The van der Waals surface area contributed by atoms with Gasteiger partial charge >= 0.3 is 5.97 Å². The molecule has 0 spiro atoms. The first-order valence-corrected chi connectivity index (χ1v) is 8.97. The molecule has 3 rings (SSSR count). The van der Waals surface area contributed by atoms with Crippen LogP contribution in [-0.4, -0.2) is 29.4 Å². The highest BCUT2D eigenvalue weighted by atomic mass is 16.4. The molecular weight excluding hydrogens is 332 g/mol. The minimum absolute atomic E-state index is 0.0119. The van der Waals surface area contributed by atoms with Crippen LogP contribution in [0.4, 0.5) is 5.69 Å². The van der Waals surface area contributed by atoms with E-state index in [9.17, 15) is 19.5 Å². The van der Waals surface area contributed by atoms with Crippen LogP contribution in [0.1, 0.15) is 30.6 Å². The number of allylic oxidation sites excluding steroid dienone is 2. The summed E-state index contributed by atoms with van der Waals surface area (Å²) in [7, 11) is 0. The van der Waals surface area contributed by atoms with Crippen LogP contribution in [0, 0.1) is 29.6 Å². The lowest BCUT2D eigenvalue weighted by Gasteiger charge is -2.23. The summed E-state index contributed by atoms with van der Waals surface area (Å²) in [6.45, 7) is 4.65. The molecule has 4 atom stereocenters. The van der Waals surface area contributed by atoms with Gasteiger partial charge in [0.15, 0.2) is 0 Å². The highest BCUT2D eigenvalue weighted by molar-refractivity contribution is 5.98. The number of hydrogen-bond acceptors (Lipinski definition) is 3. The molecule has 138 valence electrons. The van der Waals surface area contributed by atoms with Crippen LogP contribution in [0.2, 0.25) is 0 Å². The Morgan fingerprint density at radius 2 is 1.69 bits per heavy atom. The molecule has 0 aromatic heterocycles. The minimum atomic E-state index is -0.917. The molecule has 26 heavy (non-hydrogen) atoms. The van der Waals surface area contributed by atoms with Crippen molar-refractivity contribution in [2.45, 2.75) is 20.3 Å². The zero-order valence-corrected chi connectivity index (χ0v) is 14.9. The van der Waals surface area contributed by atoms with E-state index in [2.05, 4.69) is 10.6 Å². The van der Waals surface area contributed by atoms with Crippen molar-refractivity contribution in [3.05, 3.63) is 42.0 Å². The zero-order chi connectivity index (χ0) is 18.8. The maximum atomic E-state index is 12.6. The van der Waals surface area contributed by atoms with Gasteiger partial charge < -0.3 is 15.7 Å². The third-order valence-electron chi connectivity index (χ3n) is 5.13. The van der Waals surface area contributed by atoms with E-state index in [1.807, 2.05) is 26.0 Å². The number of fused-ring (bicyclic) bond motifs is 2. The number of carboxylic acids is 1. The monoisotopic (exact) mass is 356 g/mol. The Bertz CT molecular complexity index is 739. The Morgan fingerprint density at radius 3 is 2.27 bits per heavy atom. The number of carboxylic acid groups (broad SMARTS) is 1. The average molecular weight is 356 g/mol. The summed E-state index contributed by atoms with van der Waals surface area (Å²) >= 11 is 0. The van der Waals surface area contributed by atoms with Crippen LogP contribution < -0.4 is 10.6 Å². The Labute approximate surface area is 152 Å². The molecule has 3 N–H and O–H groups in total. The van der Waals surface area contributed by atoms with Gasteiger partial charge in [-0.05, 0) is 48.4 Å². The van der Waals surface area contributed by atoms with E-state index in [0.717, 1.165) is 6.42 Å². The van der Waals surface area contributed by atoms with Gasteiger partial charge in [0, 0.05) is 17.8 Å². The standard InChI is InChI=1S/C20H24N2O4/c1-11(2)10-21-18(23)12-5-7-15(8-6-12)22-19(24)16-13-3-4-14(9-13)17(16)20(25)26/h3-8,11,13-14,16-17H,9-10H2,1-2H3,(H,21,23)(H,22,24)(H,25,26)/t13-,14-,16+,17-/m0/s1. The van der Waals surface area contributed by atoms with Crippen molar-refractivity contribution in [2.75, 3.05) is 11.9 Å². The Kier molecular flexibility index (Phi) is 5.11. The molecular formula is C20H24N2O4. The largest absolute Gasteiger partial charge is 0.481 e. The number of benzene rings is 1. The van der Waals surface area contributed by atoms with E-state index >= 15 is 0 Å². The normalized spacial score (nSPS) is 26.1. The maximum Gasteiger partial charge on any atom is 0.307 e. The lowest BCUT2D eigenvalue weighted by atomic mass is 9.82. The first-order valence-electron chi connectivity index (χ1n) is 8.97. The summed E-state index contributed by atoms with van der Waals surface area (Å²) in [5.74, 6) is -2.24. The van der Waals surface area contributed by atoms with Crippen molar-refractivity contribution in [2.24, 2.45) is 29.6 Å². The van der Waals surface area contributed by atoms with E-state index in [0.29, 0.717) is 23.7 Å².